The van der Waals surface area contributed by atoms with Crippen LogP contribution in [-0.4, -0.2) is 9.97 Å². The zero-order chi connectivity index (χ0) is 13.2. The van der Waals surface area contributed by atoms with Crippen LogP contribution in [0.4, 0.5) is 0 Å². The molecule has 0 saturated heterocycles. The van der Waals surface area contributed by atoms with Gasteiger partial charge in [0.2, 0.25) is 5.88 Å². The van der Waals surface area contributed by atoms with Gasteiger partial charge in [0.25, 0.3) is 0 Å². The molecule has 3 aromatic rings. The van der Waals surface area contributed by atoms with Crippen molar-refractivity contribution in [2.75, 3.05) is 0 Å². The van der Waals surface area contributed by atoms with E-state index < -0.39 is 0 Å². The SMILES string of the molecule is Cc1cc2ccccc2nc1Oc1cncc(Br)c1. The molecule has 0 aliphatic carbocycles. The molecule has 0 unspecified atom stereocenters. The Balaban J connectivity index is 2.03. The van der Waals surface area contributed by atoms with Crippen LogP contribution in [0.2, 0.25) is 0 Å². The van der Waals surface area contributed by atoms with Gasteiger partial charge in [0, 0.05) is 21.6 Å². The maximum Gasteiger partial charge on any atom is 0.222 e. The molecule has 2 heterocycles. The lowest BCUT2D eigenvalue weighted by molar-refractivity contribution is 0.458. The van der Waals surface area contributed by atoms with Gasteiger partial charge in [0.15, 0.2) is 0 Å². The van der Waals surface area contributed by atoms with Gasteiger partial charge in [-0.25, -0.2) is 4.98 Å². The van der Waals surface area contributed by atoms with Gasteiger partial charge in [-0.05, 0) is 41.1 Å². The van der Waals surface area contributed by atoms with E-state index in [2.05, 4.69) is 32.0 Å². The lowest BCUT2D eigenvalue weighted by atomic mass is 10.2. The van der Waals surface area contributed by atoms with E-state index in [0.717, 1.165) is 20.9 Å². The van der Waals surface area contributed by atoms with Gasteiger partial charge in [-0.2, -0.15) is 0 Å². The molecule has 0 bridgehead atoms. The third-order valence-corrected chi connectivity index (χ3v) is 3.20. The number of halogens is 1. The first-order chi connectivity index (χ1) is 9.22. The molecule has 0 amide bonds. The Morgan fingerprint density at radius 1 is 1.11 bits per heavy atom. The van der Waals surface area contributed by atoms with Crippen LogP contribution in [-0.2, 0) is 0 Å². The number of nitrogens with zero attached hydrogens (tertiary/aromatic N) is 2. The smallest absolute Gasteiger partial charge is 0.222 e. The van der Waals surface area contributed by atoms with E-state index in [4.69, 9.17) is 4.74 Å². The van der Waals surface area contributed by atoms with Crippen LogP contribution in [0, 0.1) is 6.92 Å². The van der Waals surface area contributed by atoms with E-state index in [-0.39, 0.29) is 0 Å². The van der Waals surface area contributed by atoms with Crippen molar-refractivity contribution in [3.05, 3.63) is 58.8 Å². The Morgan fingerprint density at radius 2 is 1.95 bits per heavy atom. The fourth-order valence-corrected chi connectivity index (χ4v) is 2.21. The highest BCUT2D eigenvalue weighted by Gasteiger charge is 2.06. The maximum atomic E-state index is 5.79. The molecule has 0 aliphatic rings. The fourth-order valence-electron chi connectivity index (χ4n) is 1.87. The lowest BCUT2D eigenvalue weighted by Crippen LogP contribution is -1.92. The Morgan fingerprint density at radius 3 is 2.79 bits per heavy atom. The van der Waals surface area contributed by atoms with Crippen LogP contribution < -0.4 is 4.74 Å². The van der Waals surface area contributed by atoms with Gasteiger partial charge in [0.05, 0.1) is 11.7 Å². The highest BCUT2D eigenvalue weighted by molar-refractivity contribution is 9.10. The summed E-state index contributed by atoms with van der Waals surface area (Å²) in [4.78, 5) is 8.61. The van der Waals surface area contributed by atoms with E-state index >= 15 is 0 Å². The summed E-state index contributed by atoms with van der Waals surface area (Å²) < 4.78 is 6.67. The summed E-state index contributed by atoms with van der Waals surface area (Å²) in [5.74, 6) is 1.28. The Labute approximate surface area is 119 Å². The quantitative estimate of drug-likeness (QED) is 0.699. The van der Waals surface area contributed by atoms with Gasteiger partial charge in [0.1, 0.15) is 5.75 Å². The van der Waals surface area contributed by atoms with Gasteiger partial charge in [-0.1, -0.05) is 18.2 Å². The summed E-state index contributed by atoms with van der Waals surface area (Å²) >= 11 is 3.37. The van der Waals surface area contributed by atoms with Crippen LogP contribution in [0.3, 0.4) is 0 Å². The lowest BCUT2D eigenvalue weighted by Gasteiger charge is -2.08. The Kier molecular flexibility index (Phi) is 3.17. The standard InChI is InChI=1S/C15H11BrN2O/c1-10-6-11-4-2-3-5-14(11)18-15(10)19-13-7-12(16)8-17-9-13/h2-9H,1H3. The topological polar surface area (TPSA) is 35.0 Å². The van der Waals surface area contributed by atoms with Crippen molar-refractivity contribution in [1.29, 1.82) is 0 Å². The second-order valence-corrected chi connectivity index (χ2v) is 5.16. The zero-order valence-electron chi connectivity index (χ0n) is 10.3. The number of hydrogen-bond donors (Lipinski definition) is 0. The number of rotatable bonds is 2. The van der Waals surface area contributed by atoms with Crippen LogP contribution in [0.5, 0.6) is 11.6 Å². The summed E-state index contributed by atoms with van der Waals surface area (Å²) in [5.41, 5.74) is 1.92. The molecule has 3 nitrogen and oxygen atoms in total. The van der Waals surface area contributed by atoms with Crippen molar-refractivity contribution >= 4 is 26.8 Å². The number of fused-ring (bicyclic) bond motifs is 1. The average molecular weight is 315 g/mol. The molecule has 0 fully saturated rings. The molecule has 0 N–H and O–H groups in total. The summed E-state index contributed by atoms with van der Waals surface area (Å²) in [6.07, 6.45) is 3.38. The Bertz CT molecular complexity index is 743. The highest BCUT2D eigenvalue weighted by atomic mass is 79.9. The van der Waals surface area contributed by atoms with Crippen LogP contribution in [0.15, 0.2) is 53.3 Å². The minimum absolute atomic E-state index is 0.610. The molecule has 94 valence electrons. The van der Waals surface area contributed by atoms with E-state index in [1.165, 1.54) is 0 Å². The number of pyridine rings is 2. The van der Waals surface area contributed by atoms with E-state index in [1.807, 2.05) is 37.3 Å². The molecular formula is C15H11BrN2O. The first kappa shape index (κ1) is 12.1. The third kappa shape index (κ3) is 2.58. The van der Waals surface area contributed by atoms with Gasteiger partial charge in [-0.3, -0.25) is 4.98 Å². The van der Waals surface area contributed by atoms with Crippen molar-refractivity contribution in [2.24, 2.45) is 0 Å². The van der Waals surface area contributed by atoms with Crippen molar-refractivity contribution < 1.29 is 4.74 Å². The monoisotopic (exact) mass is 314 g/mol. The van der Waals surface area contributed by atoms with Crippen molar-refractivity contribution in [3.63, 3.8) is 0 Å². The summed E-state index contributed by atoms with van der Waals surface area (Å²) in [7, 11) is 0. The molecule has 3 rings (SSSR count). The number of benzene rings is 1. The maximum absolute atomic E-state index is 5.79. The summed E-state index contributed by atoms with van der Waals surface area (Å²) in [5, 5.41) is 1.11. The molecule has 0 radical (unpaired) electrons. The zero-order valence-corrected chi connectivity index (χ0v) is 11.9. The highest BCUT2D eigenvalue weighted by Crippen LogP contribution is 2.27. The van der Waals surface area contributed by atoms with E-state index in [0.29, 0.717) is 11.6 Å². The van der Waals surface area contributed by atoms with Gasteiger partial charge >= 0.3 is 0 Å². The number of para-hydroxylation sites is 1. The molecule has 2 aromatic heterocycles. The normalized spacial score (nSPS) is 10.6. The number of aryl methyl sites for hydroxylation is 1. The van der Waals surface area contributed by atoms with E-state index in [9.17, 15) is 0 Å². The predicted octanol–water partition coefficient (Wildman–Crippen LogP) is 4.49. The minimum atomic E-state index is 0.610. The molecule has 19 heavy (non-hydrogen) atoms. The largest absolute Gasteiger partial charge is 0.437 e. The first-order valence-corrected chi connectivity index (χ1v) is 6.66. The summed E-state index contributed by atoms with van der Waals surface area (Å²) in [6, 6.07) is 11.9. The Hall–Kier alpha value is -1.94. The number of hydrogen-bond acceptors (Lipinski definition) is 3. The molecule has 0 spiro atoms. The minimum Gasteiger partial charge on any atom is -0.437 e. The molecule has 0 atom stereocenters. The van der Waals surface area contributed by atoms with Crippen LogP contribution >= 0.6 is 15.9 Å². The second kappa shape index (κ2) is 4.97. The van der Waals surface area contributed by atoms with Crippen LogP contribution in [0.1, 0.15) is 5.56 Å². The molecule has 1 aromatic carbocycles. The van der Waals surface area contributed by atoms with Gasteiger partial charge in [-0.15, -0.1) is 0 Å². The molecule has 0 saturated carbocycles. The third-order valence-electron chi connectivity index (χ3n) is 2.76. The van der Waals surface area contributed by atoms with E-state index in [1.54, 1.807) is 12.4 Å². The summed E-state index contributed by atoms with van der Waals surface area (Å²) in [6.45, 7) is 1.99. The van der Waals surface area contributed by atoms with Crippen molar-refractivity contribution in [2.45, 2.75) is 6.92 Å². The number of ether oxygens (including phenoxy) is 1. The van der Waals surface area contributed by atoms with Gasteiger partial charge < -0.3 is 4.74 Å². The molecule has 4 heteroatoms. The number of aromatic nitrogens is 2. The first-order valence-electron chi connectivity index (χ1n) is 5.87. The van der Waals surface area contributed by atoms with Crippen molar-refractivity contribution in [1.82, 2.24) is 9.97 Å². The van der Waals surface area contributed by atoms with Crippen molar-refractivity contribution in [3.8, 4) is 11.6 Å². The molecular weight excluding hydrogens is 304 g/mol. The fraction of sp³-hybridized carbons (Fsp3) is 0.0667. The average Bonchev–Trinajstić information content (AvgIpc) is 2.40. The predicted molar refractivity (Wildman–Crippen MR) is 78.5 cm³/mol. The second-order valence-electron chi connectivity index (χ2n) is 4.24. The van der Waals surface area contributed by atoms with Crippen LogP contribution in [0.25, 0.3) is 10.9 Å². The molecule has 0 aliphatic heterocycles.